The van der Waals surface area contributed by atoms with Crippen LogP contribution in [-0.4, -0.2) is 20.1 Å². The van der Waals surface area contributed by atoms with E-state index in [-0.39, 0.29) is 0 Å². The molecule has 0 unspecified atom stereocenters. The van der Waals surface area contributed by atoms with Crippen LogP contribution >= 0.6 is 11.3 Å². The number of fused-ring (bicyclic) bond motifs is 1. The molecule has 1 aromatic carbocycles. The van der Waals surface area contributed by atoms with Crippen molar-refractivity contribution >= 4 is 26.7 Å². The number of pyridine rings is 1. The Balaban J connectivity index is 1.77. The number of thiazole rings is 1. The second kappa shape index (κ2) is 4.64. The Morgan fingerprint density at radius 3 is 2.90 bits per heavy atom. The van der Waals surface area contributed by atoms with E-state index in [0.717, 1.165) is 21.3 Å². The summed E-state index contributed by atoms with van der Waals surface area (Å²) < 4.78 is 6.32. The van der Waals surface area contributed by atoms with Gasteiger partial charge in [0.25, 0.3) is 5.89 Å². The molecule has 6 nitrogen and oxygen atoms in total. The first-order valence-corrected chi connectivity index (χ1v) is 7.02. The van der Waals surface area contributed by atoms with Gasteiger partial charge in [0.15, 0.2) is 5.13 Å². The Bertz CT molecular complexity index is 915. The van der Waals surface area contributed by atoms with Crippen LogP contribution in [0.15, 0.2) is 47.2 Å². The molecule has 4 aromatic rings. The molecular formula is C14H9N5OS. The average molecular weight is 295 g/mol. The number of nitrogens with two attached hydrogens (primary N) is 1. The summed E-state index contributed by atoms with van der Waals surface area (Å²) in [6.45, 7) is 0. The van der Waals surface area contributed by atoms with Crippen molar-refractivity contribution in [3.63, 3.8) is 0 Å². The maximum atomic E-state index is 5.71. The van der Waals surface area contributed by atoms with Gasteiger partial charge in [-0.2, -0.15) is 4.98 Å². The highest BCUT2D eigenvalue weighted by Gasteiger charge is 2.12. The number of hydrogen-bond donors (Lipinski definition) is 1. The molecule has 21 heavy (non-hydrogen) atoms. The molecule has 0 saturated heterocycles. The molecule has 102 valence electrons. The fourth-order valence-electron chi connectivity index (χ4n) is 2.03. The van der Waals surface area contributed by atoms with Crippen molar-refractivity contribution in [2.24, 2.45) is 0 Å². The van der Waals surface area contributed by atoms with Gasteiger partial charge in [0.2, 0.25) is 5.82 Å². The number of aromatic nitrogens is 4. The maximum absolute atomic E-state index is 5.71. The molecule has 0 amide bonds. The Hall–Kier alpha value is -2.80. The van der Waals surface area contributed by atoms with Gasteiger partial charge in [-0.15, -0.1) is 0 Å². The van der Waals surface area contributed by atoms with Crippen LogP contribution in [0.4, 0.5) is 5.13 Å². The minimum atomic E-state index is 0.461. The maximum Gasteiger partial charge on any atom is 0.258 e. The molecule has 0 spiro atoms. The molecule has 0 saturated carbocycles. The van der Waals surface area contributed by atoms with Gasteiger partial charge in [0.1, 0.15) is 0 Å². The lowest BCUT2D eigenvalue weighted by Crippen LogP contribution is -1.82. The highest BCUT2D eigenvalue weighted by Crippen LogP contribution is 2.29. The van der Waals surface area contributed by atoms with Crippen LogP contribution in [0.5, 0.6) is 0 Å². The average Bonchev–Trinajstić information content (AvgIpc) is 3.12. The lowest BCUT2D eigenvalue weighted by Gasteiger charge is -1.93. The van der Waals surface area contributed by atoms with Gasteiger partial charge in [-0.1, -0.05) is 16.5 Å². The second-order valence-electron chi connectivity index (χ2n) is 4.40. The predicted octanol–water partition coefficient (Wildman–Crippen LogP) is 2.99. The van der Waals surface area contributed by atoms with Crippen molar-refractivity contribution in [1.82, 2.24) is 20.1 Å². The highest BCUT2D eigenvalue weighted by atomic mass is 32.1. The predicted molar refractivity (Wildman–Crippen MR) is 80.6 cm³/mol. The van der Waals surface area contributed by atoms with Crippen LogP contribution in [0.3, 0.4) is 0 Å². The Morgan fingerprint density at radius 1 is 1.10 bits per heavy atom. The SMILES string of the molecule is Nc1nc2ccc(-c3nc(-c4cccnc4)no3)cc2s1. The van der Waals surface area contributed by atoms with Crippen molar-refractivity contribution in [3.05, 3.63) is 42.7 Å². The first-order valence-electron chi connectivity index (χ1n) is 6.20. The molecule has 0 aliphatic heterocycles. The van der Waals surface area contributed by atoms with Crippen LogP contribution in [0.25, 0.3) is 33.1 Å². The van der Waals surface area contributed by atoms with Gasteiger partial charge in [-0.3, -0.25) is 4.98 Å². The number of benzene rings is 1. The van der Waals surface area contributed by atoms with Crippen molar-refractivity contribution in [1.29, 1.82) is 0 Å². The lowest BCUT2D eigenvalue weighted by atomic mass is 10.2. The molecule has 0 aliphatic carbocycles. The molecule has 2 N–H and O–H groups in total. The largest absolute Gasteiger partial charge is 0.375 e. The summed E-state index contributed by atoms with van der Waals surface area (Å²) >= 11 is 1.43. The van der Waals surface area contributed by atoms with Crippen LogP contribution in [0, 0.1) is 0 Å². The normalized spacial score (nSPS) is 11.0. The van der Waals surface area contributed by atoms with Crippen LogP contribution < -0.4 is 5.73 Å². The van der Waals surface area contributed by atoms with Gasteiger partial charge in [-0.25, -0.2) is 4.98 Å². The van der Waals surface area contributed by atoms with Crippen LogP contribution in [-0.2, 0) is 0 Å². The third-order valence-electron chi connectivity index (χ3n) is 3.00. The third kappa shape index (κ3) is 2.13. The van der Waals surface area contributed by atoms with Crippen LogP contribution in [0.1, 0.15) is 0 Å². The first kappa shape index (κ1) is 12.0. The van der Waals surface area contributed by atoms with E-state index in [2.05, 4.69) is 20.1 Å². The summed E-state index contributed by atoms with van der Waals surface area (Å²) in [7, 11) is 0. The fraction of sp³-hybridized carbons (Fsp3) is 0. The van der Waals surface area contributed by atoms with Crippen molar-refractivity contribution in [2.45, 2.75) is 0 Å². The molecule has 0 radical (unpaired) electrons. The summed E-state index contributed by atoms with van der Waals surface area (Å²) in [6.07, 6.45) is 3.40. The quantitative estimate of drug-likeness (QED) is 0.611. The number of hydrogen-bond acceptors (Lipinski definition) is 7. The minimum absolute atomic E-state index is 0.461. The molecule has 0 aliphatic rings. The summed E-state index contributed by atoms with van der Waals surface area (Å²) in [6, 6.07) is 9.45. The zero-order chi connectivity index (χ0) is 14.2. The highest BCUT2D eigenvalue weighted by molar-refractivity contribution is 7.22. The van der Waals surface area contributed by atoms with E-state index in [4.69, 9.17) is 10.3 Å². The van der Waals surface area contributed by atoms with E-state index in [1.165, 1.54) is 11.3 Å². The van der Waals surface area contributed by atoms with Gasteiger partial charge >= 0.3 is 0 Å². The fourth-order valence-corrected chi connectivity index (χ4v) is 2.80. The molecule has 0 bridgehead atoms. The Morgan fingerprint density at radius 2 is 2.05 bits per heavy atom. The lowest BCUT2D eigenvalue weighted by molar-refractivity contribution is 0.432. The number of anilines is 1. The summed E-state index contributed by atoms with van der Waals surface area (Å²) in [4.78, 5) is 12.7. The topological polar surface area (TPSA) is 90.7 Å². The van der Waals surface area contributed by atoms with E-state index in [9.17, 15) is 0 Å². The smallest absolute Gasteiger partial charge is 0.258 e. The minimum Gasteiger partial charge on any atom is -0.375 e. The summed E-state index contributed by atoms with van der Waals surface area (Å²) in [5.74, 6) is 0.977. The van der Waals surface area contributed by atoms with Gasteiger partial charge < -0.3 is 10.3 Å². The number of nitrogens with zero attached hydrogens (tertiary/aromatic N) is 4. The molecule has 3 heterocycles. The monoisotopic (exact) mass is 295 g/mol. The van der Waals surface area contributed by atoms with Gasteiger partial charge in [-0.05, 0) is 30.3 Å². The van der Waals surface area contributed by atoms with Crippen molar-refractivity contribution in [2.75, 3.05) is 5.73 Å². The zero-order valence-electron chi connectivity index (χ0n) is 10.7. The summed E-state index contributed by atoms with van der Waals surface area (Å²) in [5.41, 5.74) is 8.23. The standard InChI is InChI=1S/C14H9N5OS/c15-14-17-10-4-3-8(6-11(10)21-14)13-18-12(19-20-13)9-2-1-5-16-7-9/h1-7H,(H2,15,17). The third-order valence-corrected chi connectivity index (χ3v) is 3.85. The van der Waals surface area contributed by atoms with E-state index in [1.54, 1.807) is 12.4 Å². The van der Waals surface area contributed by atoms with E-state index in [0.29, 0.717) is 16.8 Å². The van der Waals surface area contributed by atoms with Gasteiger partial charge in [0.05, 0.1) is 10.2 Å². The Kier molecular flexibility index (Phi) is 2.65. The van der Waals surface area contributed by atoms with E-state index < -0.39 is 0 Å². The van der Waals surface area contributed by atoms with Crippen LogP contribution in [0.2, 0.25) is 0 Å². The van der Waals surface area contributed by atoms with E-state index >= 15 is 0 Å². The molecule has 0 atom stereocenters. The second-order valence-corrected chi connectivity index (χ2v) is 5.46. The first-order chi connectivity index (χ1) is 10.3. The van der Waals surface area contributed by atoms with Gasteiger partial charge in [0, 0.05) is 23.5 Å². The molecule has 4 rings (SSSR count). The molecule has 3 aromatic heterocycles. The number of nitrogen functional groups attached to an aromatic ring is 1. The van der Waals surface area contributed by atoms with Crippen molar-refractivity contribution in [3.8, 4) is 22.8 Å². The molecule has 7 heteroatoms. The van der Waals surface area contributed by atoms with Crippen molar-refractivity contribution < 1.29 is 4.52 Å². The van der Waals surface area contributed by atoms with E-state index in [1.807, 2.05) is 30.3 Å². The summed E-state index contributed by atoms with van der Waals surface area (Å²) in [5, 5.41) is 4.53. The number of rotatable bonds is 2. The zero-order valence-corrected chi connectivity index (χ0v) is 11.5. The Labute approximate surface area is 123 Å². The molecule has 0 fully saturated rings. The molecular weight excluding hydrogens is 286 g/mol.